The van der Waals surface area contributed by atoms with E-state index in [-0.39, 0.29) is 0 Å². The van der Waals surface area contributed by atoms with E-state index in [4.69, 9.17) is 4.74 Å². The Balaban J connectivity index is 3.19. The smallest absolute Gasteiger partial charge is 0.138 e. The number of quaternary nitrogens is 1. The maximum Gasteiger partial charge on any atom is 0.138 e. The van der Waals surface area contributed by atoms with Crippen molar-refractivity contribution in [3.05, 3.63) is 23.8 Å². The van der Waals surface area contributed by atoms with Gasteiger partial charge in [-0.25, -0.2) is 0 Å². The van der Waals surface area contributed by atoms with Crippen LogP contribution in [0.4, 0.5) is 5.69 Å². The molecule has 0 N–H and O–H groups in total. The summed E-state index contributed by atoms with van der Waals surface area (Å²) in [6.07, 6.45) is 0. The standard InChI is InChI=1S/C11H18NO/c1-9-6-7-10(13-5)8-11(9)12(2,3)4/h6-8H,1-5H3/q+1. The van der Waals surface area contributed by atoms with Gasteiger partial charge < -0.3 is 4.74 Å². The third-order valence-corrected chi connectivity index (χ3v) is 2.14. The summed E-state index contributed by atoms with van der Waals surface area (Å²) >= 11 is 0. The third kappa shape index (κ3) is 2.22. The number of rotatable bonds is 2. The van der Waals surface area contributed by atoms with Gasteiger partial charge in [0, 0.05) is 11.6 Å². The molecule has 0 bridgehead atoms. The van der Waals surface area contributed by atoms with Gasteiger partial charge in [-0.1, -0.05) is 0 Å². The Hall–Kier alpha value is -1.02. The Morgan fingerprint density at radius 2 is 1.77 bits per heavy atom. The molecule has 0 aliphatic heterocycles. The van der Waals surface area contributed by atoms with E-state index in [1.165, 1.54) is 11.3 Å². The van der Waals surface area contributed by atoms with Crippen LogP contribution in [0.25, 0.3) is 0 Å². The van der Waals surface area contributed by atoms with Crippen molar-refractivity contribution in [3.63, 3.8) is 0 Å². The molecule has 0 saturated heterocycles. The molecule has 0 atom stereocenters. The average molecular weight is 180 g/mol. The van der Waals surface area contributed by atoms with Crippen molar-refractivity contribution in [1.82, 2.24) is 4.48 Å². The maximum atomic E-state index is 5.20. The number of benzene rings is 1. The van der Waals surface area contributed by atoms with Gasteiger partial charge in [0.1, 0.15) is 11.4 Å². The number of methoxy groups -OCH3 is 1. The highest BCUT2D eigenvalue weighted by Gasteiger charge is 2.15. The molecular weight excluding hydrogens is 162 g/mol. The monoisotopic (exact) mass is 180 g/mol. The lowest BCUT2D eigenvalue weighted by molar-refractivity contribution is 0.411. The fourth-order valence-electron chi connectivity index (χ4n) is 1.44. The molecule has 0 aromatic heterocycles. The second-order valence-corrected chi connectivity index (χ2v) is 4.16. The molecule has 0 aliphatic rings. The van der Waals surface area contributed by atoms with Crippen molar-refractivity contribution < 1.29 is 4.74 Å². The topological polar surface area (TPSA) is 9.23 Å². The minimum atomic E-state index is 0.822. The number of hydrogen-bond acceptors (Lipinski definition) is 1. The summed E-state index contributed by atoms with van der Waals surface area (Å²) in [5.74, 6) is 0.925. The molecule has 0 saturated carbocycles. The molecule has 1 rings (SSSR count). The molecule has 0 heterocycles. The second kappa shape index (κ2) is 3.38. The largest absolute Gasteiger partial charge is 0.497 e. The molecule has 0 amide bonds. The first-order chi connectivity index (χ1) is 5.95. The van der Waals surface area contributed by atoms with Gasteiger partial charge in [-0.15, -0.1) is 0 Å². The van der Waals surface area contributed by atoms with Crippen LogP contribution in [0.1, 0.15) is 5.56 Å². The SMILES string of the molecule is COc1ccc(C)c([N+](C)(C)C)c1. The summed E-state index contributed by atoms with van der Waals surface area (Å²) in [6.45, 7) is 2.12. The lowest BCUT2D eigenvalue weighted by Crippen LogP contribution is -2.35. The fraction of sp³-hybridized carbons (Fsp3) is 0.455. The van der Waals surface area contributed by atoms with Crippen LogP contribution in [0.3, 0.4) is 0 Å². The van der Waals surface area contributed by atoms with Crippen LogP contribution >= 0.6 is 0 Å². The Bertz CT molecular complexity index is 299. The van der Waals surface area contributed by atoms with Gasteiger partial charge in [-0.2, -0.15) is 0 Å². The number of nitrogens with zero attached hydrogens (tertiary/aromatic N) is 1. The van der Waals surface area contributed by atoms with E-state index in [0.717, 1.165) is 10.2 Å². The zero-order valence-corrected chi connectivity index (χ0v) is 9.09. The molecule has 0 spiro atoms. The lowest BCUT2D eigenvalue weighted by Gasteiger charge is -2.25. The summed E-state index contributed by atoms with van der Waals surface area (Å²) in [4.78, 5) is 0. The van der Waals surface area contributed by atoms with Gasteiger partial charge in [-0.05, 0) is 19.1 Å². The summed E-state index contributed by atoms with van der Waals surface area (Å²) in [7, 11) is 8.16. The molecule has 0 fully saturated rings. The van der Waals surface area contributed by atoms with E-state index in [1.807, 2.05) is 6.07 Å². The summed E-state index contributed by atoms with van der Waals surface area (Å²) in [6, 6.07) is 6.18. The molecule has 0 unspecified atom stereocenters. The van der Waals surface area contributed by atoms with Crippen molar-refractivity contribution >= 4 is 5.69 Å². The van der Waals surface area contributed by atoms with Gasteiger partial charge in [0.15, 0.2) is 0 Å². The zero-order chi connectivity index (χ0) is 10.1. The minimum Gasteiger partial charge on any atom is -0.497 e. The Kier molecular flexibility index (Phi) is 2.62. The molecular formula is C11H18NO+. The van der Waals surface area contributed by atoms with Crippen LogP contribution in [-0.2, 0) is 0 Å². The highest BCUT2D eigenvalue weighted by molar-refractivity contribution is 5.52. The molecule has 0 aliphatic carbocycles. The molecule has 2 nitrogen and oxygen atoms in total. The lowest BCUT2D eigenvalue weighted by atomic mass is 10.1. The Labute approximate surface area is 80.3 Å². The van der Waals surface area contributed by atoms with Crippen LogP contribution in [0, 0.1) is 6.92 Å². The maximum absolute atomic E-state index is 5.20. The van der Waals surface area contributed by atoms with Crippen molar-refractivity contribution in [2.24, 2.45) is 0 Å². The van der Waals surface area contributed by atoms with Crippen molar-refractivity contribution in [1.29, 1.82) is 0 Å². The summed E-state index contributed by atoms with van der Waals surface area (Å²) < 4.78 is 6.02. The number of hydrogen-bond donors (Lipinski definition) is 0. The van der Waals surface area contributed by atoms with E-state index in [2.05, 4.69) is 40.2 Å². The first-order valence-corrected chi connectivity index (χ1v) is 4.42. The first kappa shape index (κ1) is 10.1. The van der Waals surface area contributed by atoms with Crippen LogP contribution < -0.4 is 9.22 Å². The second-order valence-electron chi connectivity index (χ2n) is 4.16. The van der Waals surface area contributed by atoms with Crippen LogP contribution in [0.2, 0.25) is 0 Å². The molecule has 2 heteroatoms. The molecule has 1 aromatic rings. The highest BCUT2D eigenvalue weighted by Crippen LogP contribution is 2.26. The van der Waals surface area contributed by atoms with Crippen molar-refractivity contribution in [3.8, 4) is 5.75 Å². The van der Waals surface area contributed by atoms with Gasteiger partial charge in [0.2, 0.25) is 0 Å². The van der Waals surface area contributed by atoms with E-state index in [0.29, 0.717) is 0 Å². The zero-order valence-electron chi connectivity index (χ0n) is 9.09. The fourth-order valence-corrected chi connectivity index (χ4v) is 1.44. The first-order valence-electron chi connectivity index (χ1n) is 4.42. The van der Waals surface area contributed by atoms with Gasteiger partial charge in [0.05, 0.1) is 28.3 Å². The van der Waals surface area contributed by atoms with Crippen molar-refractivity contribution in [2.75, 3.05) is 28.3 Å². The quantitative estimate of drug-likeness (QED) is 0.634. The molecule has 1 aromatic carbocycles. The van der Waals surface area contributed by atoms with Gasteiger partial charge in [-0.3, -0.25) is 4.48 Å². The van der Waals surface area contributed by atoms with Crippen LogP contribution in [0.15, 0.2) is 18.2 Å². The van der Waals surface area contributed by atoms with E-state index < -0.39 is 0 Å². The normalized spacial score (nSPS) is 11.5. The number of ether oxygens (including phenoxy) is 1. The van der Waals surface area contributed by atoms with E-state index >= 15 is 0 Å². The van der Waals surface area contributed by atoms with Gasteiger partial charge >= 0.3 is 0 Å². The molecule has 0 radical (unpaired) electrons. The molecule has 13 heavy (non-hydrogen) atoms. The van der Waals surface area contributed by atoms with Crippen LogP contribution in [-0.4, -0.2) is 28.3 Å². The predicted molar refractivity (Wildman–Crippen MR) is 57.3 cm³/mol. The minimum absolute atomic E-state index is 0.822. The average Bonchev–Trinajstić information content (AvgIpc) is 2.03. The van der Waals surface area contributed by atoms with Gasteiger partial charge in [0.25, 0.3) is 0 Å². The third-order valence-electron chi connectivity index (χ3n) is 2.14. The van der Waals surface area contributed by atoms with Crippen LogP contribution in [0.5, 0.6) is 5.75 Å². The Morgan fingerprint density at radius 3 is 2.23 bits per heavy atom. The Morgan fingerprint density at radius 1 is 1.15 bits per heavy atom. The molecule has 72 valence electrons. The van der Waals surface area contributed by atoms with Crippen molar-refractivity contribution in [2.45, 2.75) is 6.92 Å². The van der Waals surface area contributed by atoms with E-state index in [9.17, 15) is 0 Å². The predicted octanol–water partition coefficient (Wildman–Crippen LogP) is 2.20. The van der Waals surface area contributed by atoms with E-state index in [1.54, 1.807) is 7.11 Å². The summed E-state index contributed by atoms with van der Waals surface area (Å²) in [5.41, 5.74) is 2.59. The highest BCUT2D eigenvalue weighted by atomic mass is 16.5. The summed E-state index contributed by atoms with van der Waals surface area (Å²) in [5, 5.41) is 0. The number of aryl methyl sites for hydroxylation is 1.